The maximum absolute atomic E-state index is 12.9. The Labute approximate surface area is 148 Å². The van der Waals surface area contributed by atoms with Crippen LogP contribution in [0.25, 0.3) is 0 Å². The lowest BCUT2D eigenvalue weighted by Crippen LogP contribution is -2.29. The van der Waals surface area contributed by atoms with Crippen LogP contribution in [0.5, 0.6) is 5.75 Å². The van der Waals surface area contributed by atoms with Crippen molar-refractivity contribution in [1.29, 1.82) is 0 Å². The minimum atomic E-state index is -4.45. The Balaban J connectivity index is 2.43. The molecule has 2 aromatic rings. The van der Waals surface area contributed by atoms with Gasteiger partial charge in [-0.25, -0.2) is 0 Å². The summed E-state index contributed by atoms with van der Waals surface area (Å²) in [6, 6.07) is 4.98. The minimum Gasteiger partial charge on any atom is -0.503 e. The van der Waals surface area contributed by atoms with Gasteiger partial charge in [-0.2, -0.15) is 13.2 Å². The van der Waals surface area contributed by atoms with E-state index in [1.54, 1.807) is 19.9 Å². The van der Waals surface area contributed by atoms with Crippen molar-refractivity contribution >= 4 is 5.91 Å². The number of aromatic hydroxyl groups is 1. The van der Waals surface area contributed by atoms with Gasteiger partial charge in [-0.15, -0.1) is 0 Å². The van der Waals surface area contributed by atoms with Crippen LogP contribution in [0.2, 0.25) is 0 Å². The van der Waals surface area contributed by atoms with Crippen molar-refractivity contribution < 1.29 is 23.1 Å². The zero-order chi connectivity index (χ0) is 19.7. The van der Waals surface area contributed by atoms with E-state index in [2.05, 4.69) is 5.32 Å². The van der Waals surface area contributed by atoms with Crippen molar-refractivity contribution in [3.63, 3.8) is 0 Å². The van der Waals surface area contributed by atoms with Crippen LogP contribution in [0.3, 0.4) is 0 Å². The molecule has 140 valence electrons. The summed E-state index contributed by atoms with van der Waals surface area (Å²) in [4.78, 5) is 23.6. The Morgan fingerprint density at radius 1 is 1.19 bits per heavy atom. The molecule has 0 saturated heterocycles. The maximum atomic E-state index is 12.9. The van der Waals surface area contributed by atoms with Gasteiger partial charge in [-0.1, -0.05) is 32.0 Å². The molecule has 1 aromatic carbocycles. The molecule has 0 radical (unpaired) electrons. The molecular weight excluding hydrogens is 349 g/mol. The van der Waals surface area contributed by atoms with Gasteiger partial charge in [0.25, 0.3) is 5.91 Å². The topological polar surface area (TPSA) is 71.3 Å². The van der Waals surface area contributed by atoms with Crippen molar-refractivity contribution in [3.05, 3.63) is 63.6 Å². The summed E-state index contributed by atoms with van der Waals surface area (Å²) >= 11 is 0. The lowest BCUT2D eigenvalue weighted by Gasteiger charge is -2.27. The number of rotatable bonds is 4. The van der Waals surface area contributed by atoms with E-state index in [1.165, 1.54) is 23.9 Å². The Kier molecular flexibility index (Phi) is 5.16. The van der Waals surface area contributed by atoms with Gasteiger partial charge in [0.05, 0.1) is 5.56 Å². The van der Waals surface area contributed by atoms with Gasteiger partial charge in [0.1, 0.15) is 5.56 Å². The average molecular weight is 368 g/mol. The number of alkyl halides is 3. The number of halogens is 3. The summed E-state index contributed by atoms with van der Waals surface area (Å²) in [5.74, 6) is -1.26. The number of nitrogens with one attached hydrogen (secondary N) is 1. The van der Waals surface area contributed by atoms with E-state index < -0.39 is 34.2 Å². The van der Waals surface area contributed by atoms with Crippen LogP contribution >= 0.6 is 0 Å². The van der Waals surface area contributed by atoms with Gasteiger partial charge >= 0.3 is 6.18 Å². The molecule has 8 heteroatoms. The molecule has 0 spiro atoms. The Hall–Kier alpha value is -2.77. The van der Waals surface area contributed by atoms with Crippen molar-refractivity contribution in [2.75, 3.05) is 7.05 Å². The van der Waals surface area contributed by atoms with Crippen LogP contribution < -0.4 is 10.7 Å². The highest BCUT2D eigenvalue weighted by atomic mass is 19.4. The van der Waals surface area contributed by atoms with E-state index >= 15 is 0 Å². The second-order valence-electron chi connectivity index (χ2n) is 6.60. The summed E-state index contributed by atoms with van der Waals surface area (Å²) in [6.45, 7) is 3.61. The molecule has 1 amide bonds. The number of carbonyl (C=O) groups excluding carboxylic acids is 1. The third-order valence-electron chi connectivity index (χ3n) is 4.08. The van der Waals surface area contributed by atoms with Crippen LogP contribution in [0.15, 0.2) is 41.5 Å². The van der Waals surface area contributed by atoms with Crippen LogP contribution in [0.4, 0.5) is 13.2 Å². The second kappa shape index (κ2) is 6.86. The number of benzene rings is 1. The Morgan fingerprint density at radius 2 is 1.81 bits per heavy atom. The van der Waals surface area contributed by atoms with Crippen LogP contribution in [0, 0.1) is 0 Å². The van der Waals surface area contributed by atoms with Gasteiger partial charge in [0.15, 0.2) is 5.75 Å². The first-order chi connectivity index (χ1) is 12.0. The largest absolute Gasteiger partial charge is 0.503 e. The van der Waals surface area contributed by atoms with Gasteiger partial charge < -0.3 is 15.0 Å². The first-order valence-corrected chi connectivity index (χ1v) is 7.78. The van der Waals surface area contributed by atoms with Gasteiger partial charge in [-0.3, -0.25) is 9.59 Å². The number of carbonyl (C=O) groups is 1. The van der Waals surface area contributed by atoms with E-state index in [0.29, 0.717) is 5.56 Å². The first kappa shape index (κ1) is 19.6. The molecule has 1 aromatic heterocycles. The molecule has 0 unspecified atom stereocenters. The van der Waals surface area contributed by atoms with Crippen molar-refractivity contribution in [3.8, 4) is 5.75 Å². The Bertz CT molecular complexity index is 886. The number of hydrogen-bond acceptors (Lipinski definition) is 3. The highest BCUT2D eigenvalue weighted by Crippen LogP contribution is 2.33. The molecule has 0 aliphatic heterocycles. The van der Waals surface area contributed by atoms with Crippen molar-refractivity contribution in [1.82, 2.24) is 9.88 Å². The Morgan fingerprint density at radius 3 is 2.38 bits per heavy atom. The summed E-state index contributed by atoms with van der Waals surface area (Å²) < 4.78 is 40.2. The molecule has 5 nitrogen and oxygen atoms in total. The molecule has 26 heavy (non-hydrogen) atoms. The highest BCUT2D eigenvalue weighted by Gasteiger charge is 2.32. The zero-order valence-corrected chi connectivity index (χ0v) is 14.5. The molecule has 0 atom stereocenters. The predicted molar refractivity (Wildman–Crippen MR) is 90.2 cm³/mol. The van der Waals surface area contributed by atoms with Gasteiger partial charge in [-0.05, 0) is 11.6 Å². The van der Waals surface area contributed by atoms with Crippen LogP contribution in [0.1, 0.15) is 35.3 Å². The smallest absolute Gasteiger partial charge is 0.416 e. The van der Waals surface area contributed by atoms with E-state index in [0.717, 1.165) is 18.3 Å². The molecule has 0 saturated carbocycles. The summed E-state index contributed by atoms with van der Waals surface area (Å²) in [7, 11) is 1.35. The van der Waals surface area contributed by atoms with Crippen molar-refractivity contribution in [2.45, 2.75) is 32.0 Å². The molecule has 2 N–H and O–H groups in total. The quantitative estimate of drug-likeness (QED) is 0.872. The number of aromatic nitrogens is 1. The molecule has 0 aliphatic carbocycles. The molecule has 2 rings (SSSR count). The third-order valence-corrected chi connectivity index (χ3v) is 4.08. The average Bonchev–Trinajstić information content (AvgIpc) is 2.56. The fourth-order valence-electron chi connectivity index (χ4n) is 2.67. The monoisotopic (exact) mass is 368 g/mol. The SMILES string of the molecule is CNC(=O)c1cn(CC(C)(C)c2cccc(C(F)(F)F)c2)cc(O)c1=O. The van der Waals surface area contributed by atoms with Gasteiger partial charge in [0, 0.05) is 31.4 Å². The maximum Gasteiger partial charge on any atom is 0.416 e. The fraction of sp³-hybridized carbons (Fsp3) is 0.333. The fourth-order valence-corrected chi connectivity index (χ4v) is 2.67. The van der Waals surface area contributed by atoms with E-state index in [4.69, 9.17) is 0 Å². The third kappa shape index (κ3) is 4.07. The second-order valence-corrected chi connectivity index (χ2v) is 6.60. The molecule has 0 bridgehead atoms. The zero-order valence-electron chi connectivity index (χ0n) is 14.5. The van der Waals surface area contributed by atoms with E-state index in [9.17, 15) is 27.9 Å². The molecule has 1 heterocycles. The number of pyridine rings is 1. The molecular formula is C18H19F3N2O3. The van der Waals surface area contributed by atoms with E-state index in [1.807, 2.05) is 0 Å². The van der Waals surface area contributed by atoms with Crippen LogP contribution in [-0.4, -0.2) is 22.6 Å². The first-order valence-electron chi connectivity index (χ1n) is 7.78. The summed E-state index contributed by atoms with van der Waals surface area (Å²) in [5, 5.41) is 12.1. The number of hydrogen-bond donors (Lipinski definition) is 2. The van der Waals surface area contributed by atoms with Crippen LogP contribution in [-0.2, 0) is 18.1 Å². The normalized spacial score (nSPS) is 12.1. The van der Waals surface area contributed by atoms with Gasteiger partial charge in [0.2, 0.25) is 5.43 Å². The molecule has 0 aliphatic rings. The highest BCUT2D eigenvalue weighted by molar-refractivity contribution is 5.93. The lowest BCUT2D eigenvalue weighted by atomic mass is 9.83. The van der Waals surface area contributed by atoms with E-state index in [-0.39, 0.29) is 12.1 Å². The predicted octanol–water partition coefficient (Wildman–Crippen LogP) is 2.91. The number of nitrogens with zero attached hydrogens (tertiary/aromatic N) is 1. The number of amides is 1. The summed E-state index contributed by atoms with van der Waals surface area (Å²) in [6.07, 6.45) is -2.02. The lowest BCUT2D eigenvalue weighted by molar-refractivity contribution is -0.137. The summed E-state index contributed by atoms with van der Waals surface area (Å²) in [5.41, 5.74) is -2.13. The minimum absolute atomic E-state index is 0.145. The van der Waals surface area contributed by atoms with Crippen molar-refractivity contribution in [2.24, 2.45) is 0 Å². The standard InChI is InChI=1S/C18H19F3N2O3/c1-17(2,11-5-4-6-12(7-11)18(19,20)21)10-23-8-13(16(26)22-3)15(25)14(24)9-23/h4-9,24H,10H2,1-3H3,(H,22,26). The molecule has 0 fully saturated rings.